The van der Waals surface area contributed by atoms with Crippen molar-refractivity contribution in [2.45, 2.75) is 33.2 Å². The number of aromatic nitrogens is 4. The molecule has 136 valence electrons. The normalized spacial score (nSPS) is 10.9. The number of hydrogen-bond acceptors (Lipinski definition) is 6. The molecule has 0 atom stereocenters. The Morgan fingerprint density at radius 3 is 2.81 bits per heavy atom. The summed E-state index contributed by atoms with van der Waals surface area (Å²) in [5.41, 5.74) is 4.23. The Kier molecular flexibility index (Phi) is 4.97. The fourth-order valence-electron chi connectivity index (χ4n) is 2.51. The van der Waals surface area contributed by atoms with E-state index in [4.69, 9.17) is 4.52 Å². The maximum Gasteiger partial charge on any atom is 0.292 e. The lowest BCUT2D eigenvalue weighted by atomic mass is 10.1. The van der Waals surface area contributed by atoms with Crippen LogP contribution in [0.2, 0.25) is 0 Å². The quantitative estimate of drug-likeness (QED) is 0.609. The number of imidazole rings is 1. The van der Waals surface area contributed by atoms with E-state index in [-0.39, 0.29) is 30.6 Å². The lowest BCUT2D eigenvalue weighted by molar-refractivity contribution is -0.121. The second-order valence-corrected chi connectivity index (χ2v) is 5.95. The molecule has 0 saturated heterocycles. The monoisotopic (exact) mass is 356 g/mol. The highest BCUT2D eigenvalue weighted by atomic mass is 16.5. The van der Waals surface area contributed by atoms with Crippen molar-refractivity contribution in [3.63, 3.8) is 0 Å². The van der Waals surface area contributed by atoms with Gasteiger partial charge in [0.05, 0.1) is 17.6 Å². The Morgan fingerprint density at radius 2 is 2.04 bits per heavy atom. The minimum absolute atomic E-state index is 0.0651. The van der Waals surface area contributed by atoms with Gasteiger partial charge in [-0.15, -0.1) is 0 Å². The zero-order valence-electron chi connectivity index (χ0n) is 14.8. The highest BCUT2D eigenvalue weighted by Gasteiger charge is 2.14. The number of hydrogen-bond donors (Lipinski definition) is 3. The van der Waals surface area contributed by atoms with Crippen molar-refractivity contribution in [1.29, 1.82) is 0 Å². The van der Waals surface area contributed by atoms with Crippen molar-refractivity contribution < 1.29 is 14.1 Å². The third-order valence-electron chi connectivity index (χ3n) is 4.15. The first-order chi connectivity index (χ1) is 12.5. The molecule has 0 fully saturated rings. The summed E-state index contributed by atoms with van der Waals surface area (Å²) >= 11 is 0. The van der Waals surface area contributed by atoms with E-state index in [9.17, 15) is 9.59 Å². The van der Waals surface area contributed by atoms with Crippen molar-refractivity contribution >= 4 is 22.8 Å². The number of aromatic amines is 1. The largest absolute Gasteiger partial charge is 0.352 e. The second kappa shape index (κ2) is 7.34. The van der Waals surface area contributed by atoms with E-state index in [0.29, 0.717) is 6.42 Å². The van der Waals surface area contributed by atoms with Crippen molar-refractivity contribution in [2.24, 2.45) is 0 Å². The maximum absolute atomic E-state index is 12.0. The minimum atomic E-state index is -0.443. The summed E-state index contributed by atoms with van der Waals surface area (Å²) in [4.78, 5) is 35.1. The fourth-order valence-corrected chi connectivity index (χ4v) is 2.51. The summed E-state index contributed by atoms with van der Waals surface area (Å²) in [6.45, 7) is 4.15. The van der Waals surface area contributed by atoms with Crippen LogP contribution in [0.25, 0.3) is 11.0 Å². The Balaban J connectivity index is 1.53. The third kappa shape index (κ3) is 3.71. The first-order valence-corrected chi connectivity index (χ1v) is 8.24. The molecule has 3 N–H and O–H groups in total. The summed E-state index contributed by atoms with van der Waals surface area (Å²) < 4.78 is 4.91. The van der Waals surface area contributed by atoms with Gasteiger partial charge in [0.1, 0.15) is 5.82 Å². The predicted molar refractivity (Wildman–Crippen MR) is 93.4 cm³/mol. The third-order valence-corrected chi connectivity index (χ3v) is 4.15. The van der Waals surface area contributed by atoms with Crippen LogP contribution in [0.5, 0.6) is 0 Å². The number of rotatable bonds is 6. The summed E-state index contributed by atoms with van der Waals surface area (Å²) in [6.07, 6.45) is 0.765. The Labute approximate surface area is 149 Å². The van der Waals surface area contributed by atoms with Gasteiger partial charge in [0.2, 0.25) is 11.8 Å². The smallest absolute Gasteiger partial charge is 0.292 e. The van der Waals surface area contributed by atoms with Crippen LogP contribution in [-0.2, 0) is 17.8 Å². The van der Waals surface area contributed by atoms with Gasteiger partial charge in [0.15, 0.2) is 0 Å². The van der Waals surface area contributed by atoms with Gasteiger partial charge in [-0.05, 0) is 31.0 Å². The molecule has 3 rings (SSSR count). The molecule has 26 heavy (non-hydrogen) atoms. The van der Waals surface area contributed by atoms with Crippen molar-refractivity contribution in [2.75, 3.05) is 7.05 Å². The Bertz CT molecular complexity index is 959. The van der Waals surface area contributed by atoms with Gasteiger partial charge in [-0.3, -0.25) is 9.59 Å². The number of amides is 2. The second-order valence-electron chi connectivity index (χ2n) is 5.95. The van der Waals surface area contributed by atoms with Crippen LogP contribution in [0.3, 0.4) is 0 Å². The molecule has 0 aliphatic rings. The fraction of sp³-hybridized carbons (Fsp3) is 0.353. The average Bonchev–Trinajstić information content (AvgIpc) is 3.28. The summed E-state index contributed by atoms with van der Waals surface area (Å²) in [6, 6.07) is 4.04. The Hall–Kier alpha value is -3.23. The van der Waals surface area contributed by atoms with E-state index >= 15 is 0 Å². The molecular weight excluding hydrogens is 336 g/mol. The van der Waals surface area contributed by atoms with Gasteiger partial charge in [-0.1, -0.05) is 11.2 Å². The van der Waals surface area contributed by atoms with Crippen LogP contribution in [0.15, 0.2) is 16.7 Å². The number of nitrogens with one attached hydrogen (secondary N) is 3. The zero-order valence-corrected chi connectivity index (χ0v) is 14.8. The molecule has 0 bridgehead atoms. The number of fused-ring (bicyclic) bond motifs is 1. The molecule has 9 nitrogen and oxygen atoms in total. The number of aryl methyl sites for hydroxylation is 3. The molecule has 2 amide bonds. The Morgan fingerprint density at radius 1 is 1.23 bits per heavy atom. The van der Waals surface area contributed by atoms with Crippen LogP contribution >= 0.6 is 0 Å². The van der Waals surface area contributed by atoms with E-state index in [1.54, 1.807) is 0 Å². The first kappa shape index (κ1) is 17.6. The molecule has 0 aliphatic carbocycles. The number of benzene rings is 1. The van der Waals surface area contributed by atoms with Crippen molar-refractivity contribution in [1.82, 2.24) is 30.7 Å². The average molecular weight is 356 g/mol. The van der Waals surface area contributed by atoms with E-state index in [0.717, 1.165) is 22.4 Å². The summed E-state index contributed by atoms with van der Waals surface area (Å²) in [5.74, 6) is 0.264. The van der Waals surface area contributed by atoms with E-state index in [1.807, 2.05) is 26.0 Å². The van der Waals surface area contributed by atoms with E-state index in [2.05, 4.69) is 30.7 Å². The standard InChI is InChI=1S/C17H20N6O3/c1-9-4-5-11-15(10(9)2)21-12(20-11)6-7-13(24)19-8-14-22-16(23-26-14)17(25)18-3/h4-5H,6-8H2,1-3H3,(H,18,25)(H,19,24)(H,20,21). The van der Waals surface area contributed by atoms with Crippen LogP contribution in [-0.4, -0.2) is 39.0 Å². The number of carbonyl (C=O) groups excluding carboxylic acids is 2. The summed E-state index contributed by atoms with van der Waals surface area (Å²) in [5, 5.41) is 8.61. The zero-order chi connectivity index (χ0) is 18.7. The lowest BCUT2D eigenvalue weighted by Gasteiger charge is -2.00. The number of H-pyrrole nitrogens is 1. The van der Waals surface area contributed by atoms with Crippen molar-refractivity contribution in [3.8, 4) is 0 Å². The van der Waals surface area contributed by atoms with Gasteiger partial charge < -0.3 is 20.1 Å². The van der Waals surface area contributed by atoms with E-state index < -0.39 is 5.91 Å². The van der Waals surface area contributed by atoms with Gasteiger partial charge in [0, 0.05) is 19.9 Å². The molecule has 0 spiro atoms. The molecule has 0 aliphatic heterocycles. The molecule has 1 aromatic carbocycles. The lowest BCUT2D eigenvalue weighted by Crippen LogP contribution is -2.23. The molecule has 0 unspecified atom stereocenters. The maximum atomic E-state index is 12.0. The van der Waals surface area contributed by atoms with Gasteiger partial charge >= 0.3 is 0 Å². The molecule has 2 heterocycles. The van der Waals surface area contributed by atoms with Crippen LogP contribution in [0.4, 0.5) is 0 Å². The SMILES string of the molecule is CNC(=O)c1noc(CNC(=O)CCc2nc3c(C)c(C)ccc3[nH]2)n1. The van der Waals surface area contributed by atoms with Crippen LogP contribution in [0, 0.1) is 13.8 Å². The molecular formula is C17H20N6O3. The van der Waals surface area contributed by atoms with Gasteiger partial charge in [-0.2, -0.15) is 4.98 Å². The molecule has 0 saturated carbocycles. The predicted octanol–water partition coefficient (Wildman–Crippen LogP) is 1.17. The highest BCUT2D eigenvalue weighted by molar-refractivity contribution is 5.89. The topological polar surface area (TPSA) is 126 Å². The number of nitrogens with zero attached hydrogens (tertiary/aromatic N) is 3. The summed E-state index contributed by atoms with van der Waals surface area (Å²) in [7, 11) is 1.47. The molecule has 2 aromatic heterocycles. The van der Waals surface area contributed by atoms with E-state index in [1.165, 1.54) is 12.6 Å². The number of carbonyl (C=O) groups is 2. The highest BCUT2D eigenvalue weighted by Crippen LogP contribution is 2.19. The molecule has 3 aromatic rings. The first-order valence-electron chi connectivity index (χ1n) is 8.24. The van der Waals surface area contributed by atoms with Crippen LogP contribution < -0.4 is 10.6 Å². The van der Waals surface area contributed by atoms with Gasteiger partial charge in [0.25, 0.3) is 11.7 Å². The van der Waals surface area contributed by atoms with Gasteiger partial charge in [-0.25, -0.2) is 4.98 Å². The molecule has 9 heteroatoms. The minimum Gasteiger partial charge on any atom is -0.352 e. The van der Waals surface area contributed by atoms with Crippen LogP contribution in [0.1, 0.15) is 39.9 Å². The molecule has 0 radical (unpaired) electrons. The van der Waals surface area contributed by atoms with Crippen molar-refractivity contribution in [3.05, 3.63) is 40.8 Å².